The lowest BCUT2D eigenvalue weighted by atomic mass is 9.93. The second-order valence-corrected chi connectivity index (χ2v) is 3.00. The summed E-state index contributed by atoms with van der Waals surface area (Å²) in [5.41, 5.74) is 4.79. The number of carbonyl (C=O) groups is 1. The molecule has 1 atom stereocenters. The van der Waals surface area contributed by atoms with Crippen molar-refractivity contribution in [3.63, 3.8) is 0 Å². The number of rotatable bonds is 1. The van der Waals surface area contributed by atoms with E-state index in [1.165, 1.54) is 12.2 Å². The Labute approximate surface area is 70.0 Å². The average molecular weight is 169 g/mol. The van der Waals surface area contributed by atoms with E-state index in [4.69, 9.17) is 10.8 Å². The van der Waals surface area contributed by atoms with Gasteiger partial charge in [-0.05, 0) is 19.1 Å². The highest BCUT2D eigenvalue weighted by molar-refractivity contribution is 5.91. The number of carboxylic acid groups (broad SMARTS) is 1. The molecule has 4 nitrogen and oxygen atoms in total. The van der Waals surface area contributed by atoms with Crippen molar-refractivity contribution in [3.8, 4) is 0 Å². The zero-order valence-electron chi connectivity index (χ0n) is 6.74. The van der Waals surface area contributed by atoms with E-state index < -0.39 is 11.7 Å². The van der Waals surface area contributed by atoms with Gasteiger partial charge < -0.3 is 15.9 Å². The van der Waals surface area contributed by atoms with Gasteiger partial charge in [-0.1, -0.05) is 5.57 Å². The molecule has 1 rings (SSSR count). The molecule has 0 aliphatic heterocycles. The molecular formula is C8H11NO3. The minimum Gasteiger partial charge on any atom is -0.478 e. The van der Waals surface area contributed by atoms with Gasteiger partial charge in [0.2, 0.25) is 0 Å². The Morgan fingerprint density at radius 1 is 1.75 bits per heavy atom. The molecule has 0 heterocycles. The highest BCUT2D eigenvalue weighted by atomic mass is 16.4. The van der Waals surface area contributed by atoms with Gasteiger partial charge in [0.25, 0.3) is 0 Å². The van der Waals surface area contributed by atoms with Gasteiger partial charge in [-0.3, -0.25) is 0 Å². The number of aliphatic hydroxyl groups is 1. The normalized spacial score (nSPS) is 29.2. The lowest BCUT2D eigenvalue weighted by molar-refractivity contribution is -0.132. The van der Waals surface area contributed by atoms with Crippen LogP contribution in [0.1, 0.15) is 13.3 Å². The van der Waals surface area contributed by atoms with Crippen LogP contribution in [0, 0.1) is 0 Å². The average Bonchev–Trinajstić information content (AvgIpc) is 1.83. The predicted molar refractivity (Wildman–Crippen MR) is 43.2 cm³/mol. The first kappa shape index (κ1) is 8.96. The van der Waals surface area contributed by atoms with Crippen LogP contribution < -0.4 is 5.73 Å². The van der Waals surface area contributed by atoms with Gasteiger partial charge in [-0.15, -0.1) is 0 Å². The Hall–Kier alpha value is -1.13. The SMILES string of the molecule is CC1=C(C(=O)O)C=CC(N)(O)C1. The molecule has 0 aromatic heterocycles. The molecule has 0 radical (unpaired) electrons. The van der Waals surface area contributed by atoms with Crippen molar-refractivity contribution in [2.45, 2.75) is 19.1 Å². The van der Waals surface area contributed by atoms with Crippen LogP contribution in [0.25, 0.3) is 0 Å². The minimum atomic E-state index is -1.39. The number of aliphatic carboxylic acids is 1. The standard InChI is InChI=1S/C8H11NO3/c1-5-4-8(9,12)3-2-6(5)7(10)11/h2-3,12H,4,9H2,1H3,(H,10,11). The Bertz CT molecular complexity index is 276. The van der Waals surface area contributed by atoms with E-state index in [-0.39, 0.29) is 12.0 Å². The molecule has 1 aliphatic rings. The van der Waals surface area contributed by atoms with E-state index in [2.05, 4.69) is 0 Å². The van der Waals surface area contributed by atoms with Crippen LogP contribution in [0.2, 0.25) is 0 Å². The second kappa shape index (κ2) is 2.73. The maximum Gasteiger partial charge on any atom is 0.335 e. The molecule has 4 heteroatoms. The number of hydrogen-bond acceptors (Lipinski definition) is 3. The Kier molecular flexibility index (Phi) is 2.04. The van der Waals surface area contributed by atoms with Crippen LogP contribution >= 0.6 is 0 Å². The van der Waals surface area contributed by atoms with Crippen LogP contribution in [0.5, 0.6) is 0 Å². The van der Waals surface area contributed by atoms with Crippen LogP contribution in [0.3, 0.4) is 0 Å². The van der Waals surface area contributed by atoms with E-state index in [1.54, 1.807) is 6.92 Å². The highest BCUT2D eigenvalue weighted by Crippen LogP contribution is 2.22. The molecule has 0 bridgehead atoms. The zero-order chi connectivity index (χ0) is 9.35. The molecular weight excluding hydrogens is 158 g/mol. The van der Waals surface area contributed by atoms with Crippen molar-refractivity contribution in [2.24, 2.45) is 5.73 Å². The summed E-state index contributed by atoms with van der Waals surface area (Å²) < 4.78 is 0. The van der Waals surface area contributed by atoms with Crippen molar-refractivity contribution < 1.29 is 15.0 Å². The van der Waals surface area contributed by atoms with E-state index in [9.17, 15) is 9.90 Å². The fourth-order valence-electron chi connectivity index (χ4n) is 1.20. The highest BCUT2D eigenvalue weighted by Gasteiger charge is 2.24. The molecule has 4 N–H and O–H groups in total. The van der Waals surface area contributed by atoms with Crippen molar-refractivity contribution >= 4 is 5.97 Å². The van der Waals surface area contributed by atoms with Gasteiger partial charge in [0.15, 0.2) is 0 Å². The molecule has 1 aliphatic carbocycles. The molecule has 0 amide bonds. The van der Waals surface area contributed by atoms with Crippen LogP contribution in [0.4, 0.5) is 0 Å². The Morgan fingerprint density at radius 3 is 2.75 bits per heavy atom. The Morgan fingerprint density at radius 2 is 2.33 bits per heavy atom. The molecule has 66 valence electrons. The molecule has 1 unspecified atom stereocenters. The Balaban J connectivity index is 2.95. The molecule has 12 heavy (non-hydrogen) atoms. The summed E-state index contributed by atoms with van der Waals surface area (Å²) in [6.07, 6.45) is 2.80. The van der Waals surface area contributed by atoms with Crippen molar-refractivity contribution in [3.05, 3.63) is 23.3 Å². The van der Waals surface area contributed by atoms with Gasteiger partial charge in [0, 0.05) is 6.42 Å². The fourth-order valence-corrected chi connectivity index (χ4v) is 1.20. The fraction of sp³-hybridized carbons (Fsp3) is 0.375. The third kappa shape index (κ3) is 1.72. The third-order valence-electron chi connectivity index (χ3n) is 1.78. The van der Waals surface area contributed by atoms with Gasteiger partial charge in [-0.25, -0.2) is 4.79 Å². The van der Waals surface area contributed by atoms with E-state index in [0.29, 0.717) is 5.57 Å². The smallest absolute Gasteiger partial charge is 0.335 e. The number of carboxylic acids is 1. The van der Waals surface area contributed by atoms with E-state index in [0.717, 1.165) is 0 Å². The topological polar surface area (TPSA) is 83.5 Å². The largest absolute Gasteiger partial charge is 0.478 e. The molecule has 0 aromatic rings. The molecule has 0 aromatic carbocycles. The lowest BCUT2D eigenvalue weighted by Crippen LogP contribution is -2.39. The maximum atomic E-state index is 10.5. The predicted octanol–water partition coefficient (Wildman–Crippen LogP) is -0.00530. The first-order chi connectivity index (χ1) is 5.42. The van der Waals surface area contributed by atoms with Crippen molar-refractivity contribution in [2.75, 3.05) is 0 Å². The van der Waals surface area contributed by atoms with E-state index in [1.807, 2.05) is 0 Å². The number of nitrogens with two attached hydrogens (primary N) is 1. The summed E-state index contributed by atoms with van der Waals surface area (Å²) in [7, 11) is 0. The minimum absolute atomic E-state index is 0.172. The maximum absolute atomic E-state index is 10.5. The van der Waals surface area contributed by atoms with Gasteiger partial charge in [-0.2, -0.15) is 0 Å². The monoisotopic (exact) mass is 169 g/mol. The van der Waals surface area contributed by atoms with Crippen LogP contribution in [-0.2, 0) is 4.79 Å². The summed E-state index contributed by atoms with van der Waals surface area (Å²) in [5.74, 6) is -0.987. The molecule has 0 spiro atoms. The quantitative estimate of drug-likeness (QED) is 0.482. The third-order valence-corrected chi connectivity index (χ3v) is 1.78. The second-order valence-electron chi connectivity index (χ2n) is 3.00. The zero-order valence-corrected chi connectivity index (χ0v) is 6.74. The summed E-state index contributed by atoms with van der Waals surface area (Å²) >= 11 is 0. The molecule has 0 saturated carbocycles. The summed E-state index contributed by atoms with van der Waals surface area (Å²) in [6.45, 7) is 1.64. The molecule has 0 fully saturated rings. The summed E-state index contributed by atoms with van der Waals surface area (Å²) in [5, 5.41) is 18.0. The van der Waals surface area contributed by atoms with E-state index >= 15 is 0 Å². The van der Waals surface area contributed by atoms with Crippen LogP contribution in [0.15, 0.2) is 23.3 Å². The first-order valence-corrected chi connectivity index (χ1v) is 3.56. The summed E-state index contributed by atoms with van der Waals surface area (Å²) in [4.78, 5) is 10.5. The number of hydrogen-bond donors (Lipinski definition) is 3. The molecule has 0 saturated heterocycles. The van der Waals surface area contributed by atoms with Gasteiger partial charge in [0.1, 0.15) is 5.72 Å². The summed E-state index contributed by atoms with van der Waals surface area (Å²) in [6, 6.07) is 0. The van der Waals surface area contributed by atoms with Gasteiger partial charge in [0.05, 0.1) is 5.57 Å². The van der Waals surface area contributed by atoms with Crippen LogP contribution in [-0.4, -0.2) is 21.9 Å². The van der Waals surface area contributed by atoms with Crippen molar-refractivity contribution in [1.82, 2.24) is 0 Å². The lowest BCUT2D eigenvalue weighted by Gasteiger charge is -2.23. The first-order valence-electron chi connectivity index (χ1n) is 3.56. The van der Waals surface area contributed by atoms with Crippen molar-refractivity contribution in [1.29, 1.82) is 0 Å². The van der Waals surface area contributed by atoms with Gasteiger partial charge >= 0.3 is 5.97 Å².